The summed E-state index contributed by atoms with van der Waals surface area (Å²) in [7, 11) is 3.40. The summed E-state index contributed by atoms with van der Waals surface area (Å²) in [5, 5.41) is 23.8. The standard InChI is InChI=1S/C56H76BrN7O13S/c1-39-35-41(78-77-76-71)37-42-52(39)63-30-16-8-11-20-47(65)58-27-14-13-17-44(54(70)59-28-34-74-31-24-51(69)75-64-49(67)22-23-50(64)68)60-48(66)21-12-7-15-29-62-38-40(57)36-43-53(62)61-45(55(43,2)25-32-72-4)18-9-6-10-19-46(63)56(42,3)26-33-73-5/h6,9-10,18-19,35-38,44H,7-8,11-17,20-34H2,1-5H3,(H3-,58,59,60,65,66,70,71). The van der Waals surface area contributed by atoms with E-state index < -0.39 is 34.7 Å². The van der Waals surface area contributed by atoms with Crippen molar-refractivity contribution in [3.05, 3.63) is 81.6 Å². The van der Waals surface area contributed by atoms with Gasteiger partial charge in [0, 0.05) is 94.4 Å². The Morgan fingerprint density at radius 2 is 1.59 bits per heavy atom. The number of aromatic nitrogens is 1. The number of rotatable bonds is 17. The lowest BCUT2D eigenvalue weighted by atomic mass is 9.77. The van der Waals surface area contributed by atoms with E-state index in [2.05, 4.69) is 97.5 Å². The van der Waals surface area contributed by atoms with E-state index in [4.69, 9.17) is 28.4 Å². The monoisotopic (exact) mass is 1170 g/mol. The van der Waals surface area contributed by atoms with E-state index in [0.29, 0.717) is 89.3 Å². The van der Waals surface area contributed by atoms with Gasteiger partial charge >= 0.3 is 11.8 Å². The van der Waals surface area contributed by atoms with Gasteiger partial charge in [0.25, 0.3) is 11.8 Å². The number of allylic oxidation sites excluding steroid dienone is 6. The van der Waals surface area contributed by atoms with Crippen molar-refractivity contribution in [1.82, 2.24) is 21.0 Å². The number of nitrogens with one attached hydrogen (secondary N) is 3. The first-order valence-corrected chi connectivity index (χ1v) is 28.6. The van der Waals surface area contributed by atoms with Gasteiger partial charge in [0.15, 0.2) is 5.71 Å². The van der Waals surface area contributed by atoms with Gasteiger partial charge in [-0.15, -0.1) is 5.06 Å². The number of hydrogen-bond donors (Lipinski definition) is 3. The molecule has 22 heteroatoms. The van der Waals surface area contributed by atoms with E-state index in [0.717, 1.165) is 86.7 Å². The van der Waals surface area contributed by atoms with Crippen molar-refractivity contribution in [2.75, 3.05) is 65.2 Å². The average Bonchev–Trinajstić information content (AvgIpc) is 4.21. The summed E-state index contributed by atoms with van der Waals surface area (Å²) >= 11 is 4.65. The van der Waals surface area contributed by atoms with Crippen LogP contribution in [-0.4, -0.2) is 113 Å². The highest BCUT2D eigenvalue weighted by Crippen LogP contribution is 2.53. The van der Waals surface area contributed by atoms with E-state index in [9.17, 15) is 34.0 Å². The van der Waals surface area contributed by atoms with Crippen LogP contribution >= 0.6 is 28.0 Å². The fourth-order valence-corrected chi connectivity index (χ4v) is 11.3. The minimum atomic E-state index is -0.823. The molecule has 5 amide bonds. The Balaban J connectivity index is 1.17. The number of halogens is 1. The molecule has 5 heterocycles. The van der Waals surface area contributed by atoms with Gasteiger partial charge in [-0.3, -0.25) is 29.0 Å². The Hall–Kier alpha value is -5.33. The van der Waals surface area contributed by atoms with Crippen LogP contribution in [0.1, 0.15) is 133 Å². The summed E-state index contributed by atoms with van der Waals surface area (Å²) in [5.41, 5.74) is 5.38. The van der Waals surface area contributed by atoms with E-state index in [-0.39, 0.29) is 63.2 Å². The molecule has 426 valence electrons. The summed E-state index contributed by atoms with van der Waals surface area (Å²) in [6.07, 6.45) is 20.1. The Labute approximate surface area is 470 Å². The highest BCUT2D eigenvalue weighted by atomic mass is 79.9. The number of carbonyl (C=O) groups excluding carboxylic acids is 6. The van der Waals surface area contributed by atoms with Gasteiger partial charge in [0.05, 0.1) is 53.7 Å². The zero-order chi connectivity index (χ0) is 56.1. The molecule has 1 fully saturated rings. The number of aryl methyl sites for hydroxylation is 2. The molecule has 3 N–H and O–H groups in total. The summed E-state index contributed by atoms with van der Waals surface area (Å²) in [5.74, 6) is -1.72. The molecule has 78 heavy (non-hydrogen) atoms. The molecule has 3 unspecified atom stereocenters. The fraction of sp³-hybridized carbons (Fsp3) is 0.571. The SMILES string of the molecule is COCCC1(C)C2=Nc3c1cc(Br)c[n+]3CCCCCC(=O)NC(C(=O)NCCOCCC(=O)ON1C(=O)CCC1=O)CCCCNC(=O)CCCCCN1/C(=C/C=C/C=C/2)C(C)(CCOC)c2cc(SOO[O-])cc(C)c21. The Bertz CT molecular complexity index is 2560. The van der Waals surface area contributed by atoms with Crippen LogP contribution in [0, 0.1) is 6.92 Å². The predicted octanol–water partition coefficient (Wildman–Crippen LogP) is 6.50. The molecule has 2 aromatic rings. The van der Waals surface area contributed by atoms with Gasteiger partial charge < -0.3 is 45.2 Å². The van der Waals surface area contributed by atoms with Crippen molar-refractivity contribution in [3.63, 3.8) is 0 Å². The quantitative estimate of drug-likeness (QED) is 0.0383. The van der Waals surface area contributed by atoms with E-state index >= 15 is 0 Å². The number of amides is 5. The molecule has 2 bridgehead atoms. The minimum Gasteiger partial charge on any atom is -0.691 e. The fourth-order valence-electron chi connectivity index (χ4n) is 10.3. The van der Waals surface area contributed by atoms with Crippen molar-refractivity contribution in [3.8, 4) is 0 Å². The third-order valence-electron chi connectivity index (χ3n) is 14.6. The molecular weight excluding hydrogens is 1090 g/mol. The van der Waals surface area contributed by atoms with Crippen LogP contribution in [0.5, 0.6) is 0 Å². The Kier molecular flexibility index (Phi) is 24.5. The molecule has 0 saturated carbocycles. The number of anilines is 1. The molecule has 1 saturated heterocycles. The Morgan fingerprint density at radius 3 is 2.33 bits per heavy atom. The number of nitrogens with zero attached hydrogens (tertiary/aromatic N) is 4. The number of aliphatic imine (C=N–C) groups is 1. The van der Waals surface area contributed by atoms with E-state index in [1.807, 2.05) is 24.4 Å². The Morgan fingerprint density at radius 1 is 0.859 bits per heavy atom. The smallest absolute Gasteiger partial charge is 0.335 e. The number of hydrogen-bond acceptors (Lipinski definition) is 16. The number of ether oxygens (including phenoxy) is 3. The van der Waals surface area contributed by atoms with Gasteiger partial charge in [-0.1, -0.05) is 24.6 Å². The summed E-state index contributed by atoms with van der Waals surface area (Å²) in [4.78, 5) is 88.8. The third-order valence-corrected chi connectivity index (χ3v) is 15.6. The number of carbonyl (C=O) groups is 6. The van der Waals surface area contributed by atoms with Crippen LogP contribution in [0.3, 0.4) is 0 Å². The maximum atomic E-state index is 13.5. The highest BCUT2D eigenvalue weighted by Gasteiger charge is 2.46. The number of imide groups is 1. The lowest BCUT2D eigenvalue weighted by Gasteiger charge is -2.30. The van der Waals surface area contributed by atoms with Gasteiger partial charge in [-0.25, -0.2) is 9.36 Å². The normalized spacial score (nSPS) is 23.6. The first-order chi connectivity index (χ1) is 37.6. The predicted molar refractivity (Wildman–Crippen MR) is 293 cm³/mol. The number of methoxy groups -OCH3 is 2. The lowest BCUT2D eigenvalue weighted by Crippen LogP contribution is -2.47. The third kappa shape index (κ3) is 16.9. The van der Waals surface area contributed by atoms with Crippen LogP contribution < -0.4 is 30.7 Å². The number of hydroxylamine groups is 2. The van der Waals surface area contributed by atoms with Crippen LogP contribution in [-0.2, 0) is 74.6 Å². The lowest BCUT2D eigenvalue weighted by molar-refractivity contribution is -0.777. The zero-order valence-corrected chi connectivity index (χ0v) is 48.0. The summed E-state index contributed by atoms with van der Waals surface area (Å²) < 4.78 is 24.7. The number of benzene rings is 1. The molecule has 0 spiro atoms. The summed E-state index contributed by atoms with van der Waals surface area (Å²) in [6.45, 7) is 9.42. The maximum Gasteiger partial charge on any atom is 0.335 e. The number of fused-ring (bicyclic) bond motifs is 3. The van der Waals surface area contributed by atoms with Crippen LogP contribution in [0.4, 0.5) is 11.5 Å². The second kappa shape index (κ2) is 30.9. The molecule has 4 aliphatic heterocycles. The highest BCUT2D eigenvalue weighted by molar-refractivity contribution is 9.10. The van der Waals surface area contributed by atoms with E-state index in [1.165, 1.54) is 0 Å². The topological polar surface area (TPSA) is 240 Å². The maximum absolute atomic E-state index is 13.5. The summed E-state index contributed by atoms with van der Waals surface area (Å²) in [6, 6.07) is 5.36. The van der Waals surface area contributed by atoms with Crippen molar-refractivity contribution < 1.29 is 67.0 Å². The largest absolute Gasteiger partial charge is 0.691 e. The molecule has 1 aromatic heterocycles. The second-order valence-corrected chi connectivity index (χ2v) is 22.0. The average molecular weight is 1170 g/mol. The van der Waals surface area contributed by atoms with Crippen LogP contribution in [0.2, 0.25) is 0 Å². The molecule has 20 nitrogen and oxygen atoms in total. The van der Waals surface area contributed by atoms with Crippen molar-refractivity contribution in [1.29, 1.82) is 0 Å². The number of pyridine rings is 1. The van der Waals surface area contributed by atoms with Crippen molar-refractivity contribution >= 4 is 80.7 Å². The van der Waals surface area contributed by atoms with E-state index in [1.54, 1.807) is 14.2 Å². The first kappa shape index (κ1) is 61.9. The zero-order valence-electron chi connectivity index (χ0n) is 45.6. The van der Waals surface area contributed by atoms with Gasteiger partial charge in [-0.05, 0) is 147 Å². The molecular formula is C56H76BrN7O13S. The molecule has 3 atom stereocenters. The molecule has 4 aliphatic rings. The van der Waals surface area contributed by atoms with Crippen molar-refractivity contribution in [2.24, 2.45) is 4.99 Å². The molecule has 1 aromatic carbocycles. The van der Waals surface area contributed by atoms with Gasteiger partial charge in [0.2, 0.25) is 17.7 Å². The second-order valence-electron chi connectivity index (χ2n) is 20.3. The molecule has 0 aliphatic carbocycles. The van der Waals surface area contributed by atoms with Crippen LogP contribution in [0.15, 0.2) is 74.8 Å². The first-order valence-electron chi connectivity index (χ1n) is 27.0. The van der Waals surface area contributed by atoms with Crippen LogP contribution in [0.25, 0.3) is 0 Å². The molecule has 6 rings (SSSR count). The van der Waals surface area contributed by atoms with Crippen molar-refractivity contribution in [2.45, 2.75) is 152 Å². The minimum absolute atomic E-state index is 0.00486. The van der Waals surface area contributed by atoms with Gasteiger partial charge in [-0.2, -0.15) is 4.33 Å². The van der Waals surface area contributed by atoms with Gasteiger partial charge in [0.1, 0.15) is 12.2 Å². The molecule has 0 radical (unpaired) electrons.